The summed E-state index contributed by atoms with van der Waals surface area (Å²) in [5.41, 5.74) is 5.07. The molecular weight excluding hydrogens is 302 g/mol. The van der Waals surface area contributed by atoms with E-state index in [9.17, 15) is 4.79 Å². The second-order valence-corrected chi connectivity index (χ2v) is 7.70. The average Bonchev–Trinajstić information content (AvgIpc) is 2.39. The fourth-order valence-corrected chi connectivity index (χ4v) is 4.52. The minimum absolute atomic E-state index is 0.0231. The van der Waals surface area contributed by atoms with Gasteiger partial charge in [-0.2, -0.15) is 0 Å². The third-order valence-electron chi connectivity index (χ3n) is 4.11. The lowest BCUT2D eigenvalue weighted by molar-refractivity contribution is -0.114. The van der Waals surface area contributed by atoms with Gasteiger partial charge in [-0.1, -0.05) is 43.6 Å². The summed E-state index contributed by atoms with van der Waals surface area (Å²) >= 11 is 3.75. The highest BCUT2D eigenvalue weighted by molar-refractivity contribution is 9.10. The number of benzene rings is 1. The van der Waals surface area contributed by atoms with Crippen LogP contribution in [0.5, 0.6) is 0 Å². The quantitative estimate of drug-likeness (QED) is 0.799. The number of nitrogens with one attached hydrogen (secondary N) is 1. The van der Waals surface area contributed by atoms with Crippen LogP contribution in [-0.2, 0) is 15.6 Å². The minimum atomic E-state index is -0.0231. The maximum atomic E-state index is 11.3. The number of hydrogen-bond donors (Lipinski definition) is 1. The molecule has 0 radical (unpaired) electrons. The van der Waals surface area contributed by atoms with Crippen LogP contribution in [0.3, 0.4) is 0 Å². The van der Waals surface area contributed by atoms with E-state index >= 15 is 0 Å². The zero-order chi connectivity index (χ0) is 14.6. The Balaban J connectivity index is 2.71. The molecule has 104 valence electrons. The molecule has 0 aliphatic heterocycles. The molecule has 0 atom stereocenters. The largest absolute Gasteiger partial charge is 0.326 e. The number of carbonyl (C=O) groups excluding carboxylic acids is 1. The molecule has 3 heteroatoms. The van der Waals surface area contributed by atoms with E-state index in [-0.39, 0.29) is 16.7 Å². The van der Waals surface area contributed by atoms with Gasteiger partial charge >= 0.3 is 0 Å². The fourth-order valence-electron chi connectivity index (χ4n) is 3.55. The molecule has 19 heavy (non-hydrogen) atoms. The van der Waals surface area contributed by atoms with Crippen LogP contribution in [0.15, 0.2) is 10.5 Å². The minimum Gasteiger partial charge on any atom is -0.326 e. The summed E-state index contributed by atoms with van der Waals surface area (Å²) in [5, 5.41) is 2.94. The molecule has 0 fully saturated rings. The first-order chi connectivity index (χ1) is 8.56. The molecule has 0 bridgehead atoms. The van der Waals surface area contributed by atoms with Crippen LogP contribution >= 0.6 is 15.9 Å². The van der Waals surface area contributed by atoms with E-state index in [1.54, 1.807) is 6.92 Å². The molecule has 1 aliphatic rings. The van der Waals surface area contributed by atoms with Crippen molar-refractivity contribution in [3.8, 4) is 0 Å². The van der Waals surface area contributed by atoms with Crippen LogP contribution in [0.25, 0.3) is 0 Å². The summed E-state index contributed by atoms with van der Waals surface area (Å²) in [7, 11) is 0. The molecule has 1 aromatic rings. The van der Waals surface area contributed by atoms with Crippen molar-refractivity contribution in [2.24, 2.45) is 0 Å². The molecule has 0 unspecified atom stereocenters. The molecule has 0 spiro atoms. The van der Waals surface area contributed by atoms with Crippen LogP contribution in [-0.4, -0.2) is 5.91 Å². The topological polar surface area (TPSA) is 29.1 Å². The van der Waals surface area contributed by atoms with Crippen molar-refractivity contribution < 1.29 is 4.79 Å². The van der Waals surface area contributed by atoms with Crippen LogP contribution in [0.1, 0.15) is 57.7 Å². The predicted octanol–water partition coefficient (Wildman–Crippen LogP) is 4.67. The van der Waals surface area contributed by atoms with Crippen molar-refractivity contribution in [3.05, 3.63) is 27.2 Å². The van der Waals surface area contributed by atoms with Gasteiger partial charge in [0.05, 0.1) is 0 Å². The Labute approximate surface area is 124 Å². The summed E-state index contributed by atoms with van der Waals surface area (Å²) < 4.78 is 1.14. The number of halogens is 1. The van der Waals surface area contributed by atoms with Crippen molar-refractivity contribution in [2.75, 3.05) is 5.32 Å². The van der Waals surface area contributed by atoms with E-state index in [2.05, 4.69) is 61.9 Å². The standard InChI is InChI=1S/C16H22BrNO/c1-9-12(18-10(2)19)7-11-13(14(9)17)16(5,6)8-15(11,3)4/h7H,8H2,1-6H3,(H,18,19). The van der Waals surface area contributed by atoms with Gasteiger partial charge in [0.25, 0.3) is 0 Å². The maximum Gasteiger partial charge on any atom is 0.221 e. The third-order valence-corrected chi connectivity index (χ3v) is 5.10. The molecular formula is C16H22BrNO. The Morgan fingerprint density at radius 2 is 1.84 bits per heavy atom. The van der Waals surface area contributed by atoms with Crippen molar-refractivity contribution in [3.63, 3.8) is 0 Å². The highest BCUT2D eigenvalue weighted by Gasteiger charge is 2.43. The fraction of sp³-hybridized carbons (Fsp3) is 0.562. The van der Waals surface area contributed by atoms with Crippen LogP contribution in [0, 0.1) is 6.92 Å². The Hall–Kier alpha value is -0.830. The van der Waals surface area contributed by atoms with E-state index in [1.807, 2.05) is 0 Å². The first-order valence-corrected chi connectivity index (χ1v) is 7.47. The van der Waals surface area contributed by atoms with Crippen molar-refractivity contribution in [1.82, 2.24) is 0 Å². The zero-order valence-electron chi connectivity index (χ0n) is 12.6. The predicted molar refractivity (Wildman–Crippen MR) is 83.9 cm³/mol. The highest BCUT2D eigenvalue weighted by atomic mass is 79.9. The van der Waals surface area contributed by atoms with Crippen molar-refractivity contribution in [1.29, 1.82) is 0 Å². The van der Waals surface area contributed by atoms with Gasteiger partial charge in [0.1, 0.15) is 0 Å². The molecule has 1 amide bonds. The number of rotatable bonds is 1. The van der Waals surface area contributed by atoms with Gasteiger partial charge in [0.15, 0.2) is 0 Å². The smallest absolute Gasteiger partial charge is 0.221 e. The first kappa shape index (κ1) is 14.6. The lowest BCUT2D eigenvalue weighted by Crippen LogP contribution is -2.18. The molecule has 0 saturated heterocycles. The Morgan fingerprint density at radius 3 is 2.37 bits per heavy atom. The van der Waals surface area contributed by atoms with Gasteiger partial charge in [-0.05, 0) is 46.9 Å². The molecule has 2 rings (SSSR count). The average molecular weight is 324 g/mol. The summed E-state index contributed by atoms with van der Waals surface area (Å²) in [6.45, 7) is 12.7. The molecule has 2 nitrogen and oxygen atoms in total. The summed E-state index contributed by atoms with van der Waals surface area (Å²) in [4.78, 5) is 11.3. The SMILES string of the molecule is CC(=O)Nc1cc2c(c(Br)c1C)C(C)(C)CC2(C)C. The van der Waals surface area contributed by atoms with Gasteiger partial charge in [0.2, 0.25) is 5.91 Å². The van der Waals surface area contributed by atoms with Crippen LogP contribution < -0.4 is 5.32 Å². The molecule has 0 saturated carbocycles. The van der Waals surface area contributed by atoms with Crippen molar-refractivity contribution in [2.45, 2.75) is 58.8 Å². The number of anilines is 1. The second-order valence-electron chi connectivity index (χ2n) is 6.91. The van der Waals surface area contributed by atoms with Crippen LogP contribution in [0.4, 0.5) is 5.69 Å². The Bertz CT molecular complexity index is 558. The van der Waals surface area contributed by atoms with Gasteiger partial charge < -0.3 is 5.32 Å². The van der Waals surface area contributed by atoms with E-state index < -0.39 is 0 Å². The van der Waals surface area contributed by atoms with E-state index in [1.165, 1.54) is 11.1 Å². The monoisotopic (exact) mass is 323 g/mol. The van der Waals surface area contributed by atoms with Gasteiger partial charge in [0, 0.05) is 17.1 Å². The van der Waals surface area contributed by atoms with Crippen LogP contribution in [0.2, 0.25) is 0 Å². The normalized spacial score (nSPS) is 19.1. The first-order valence-electron chi connectivity index (χ1n) is 6.68. The Kier molecular flexibility index (Phi) is 3.33. The third kappa shape index (κ3) is 2.33. The van der Waals surface area contributed by atoms with E-state index in [0.717, 1.165) is 22.1 Å². The van der Waals surface area contributed by atoms with E-state index in [4.69, 9.17) is 0 Å². The molecule has 0 heterocycles. The summed E-state index contributed by atoms with van der Waals surface area (Å²) in [6, 6.07) is 2.16. The maximum absolute atomic E-state index is 11.3. The number of carbonyl (C=O) groups is 1. The lowest BCUT2D eigenvalue weighted by atomic mass is 9.82. The molecule has 1 aliphatic carbocycles. The number of hydrogen-bond acceptors (Lipinski definition) is 1. The number of amides is 1. The molecule has 1 aromatic carbocycles. The van der Waals surface area contributed by atoms with Gasteiger partial charge in [-0.3, -0.25) is 4.79 Å². The summed E-state index contributed by atoms with van der Waals surface area (Å²) in [5.74, 6) is -0.0231. The Morgan fingerprint density at radius 1 is 1.26 bits per heavy atom. The van der Waals surface area contributed by atoms with Gasteiger partial charge in [-0.25, -0.2) is 0 Å². The highest BCUT2D eigenvalue weighted by Crippen LogP contribution is 2.53. The molecule has 1 N–H and O–H groups in total. The van der Waals surface area contributed by atoms with E-state index in [0.29, 0.717) is 0 Å². The second kappa shape index (κ2) is 4.34. The van der Waals surface area contributed by atoms with Crippen molar-refractivity contribution >= 4 is 27.5 Å². The zero-order valence-corrected chi connectivity index (χ0v) is 14.2. The van der Waals surface area contributed by atoms with Gasteiger partial charge in [-0.15, -0.1) is 0 Å². The lowest BCUT2D eigenvalue weighted by Gasteiger charge is -2.23. The number of fused-ring (bicyclic) bond motifs is 1. The molecule has 0 aromatic heterocycles. The summed E-state index contributed by atoms with van der Waals surface area (Å²) in [6.07, 6.45) is 1.12.